The Labute approximate surface area is 179 Å². The minimum atomic E-state index is -0.479. The lowest BCUT2D eigenvalue weighted by Crippen LogP contribution is -2.53. The van der Waals surface area contributed by atoms with Gasteiger partial charge >= 0.3 is 0 Å². The van der Waals surface area contributed by atoms with Crippen LogP contribution in [0.3, 0.4) is 0 Å². The number of carbonyl (C=O) groups is 1. The number of para-hydroxylation sites is 1. The smallest absolute Gasteiger partial charge is 0.261 e. The minimum absolute atomic E-state index is 0.0315. The fraction of sp³-hybridized carbons (Fsp3) is 0.480. The van der Waals surface area contributed by atoms with Crippen molar-refractivity contribution in [2.75, 3.05) is 14.1 Å². The zero-order valence-corrected chi connectivity index (χ0v) is 18.2. The van der Waals surface area contributed by atoms with E-state index >= 15 is 0 Å². The number of ether oxygens (including phenoxy) is 1. The van der Waals surface area contributed by atoms with Gasteiger partial charge in [-0.15, -0.1) is 0 Å². The Hall–Kier alpha value is -2.40. The number of nitrogens with one attached hydrogen (secondary N) is 1. The number of hydrogen-bond donors (Lipinski definition) is 1. The molecule has 1 N–H and O–H groups in total. The van der Waals surface area contributed by atoms with E-state index in [0.717, 1.165) is 37.7 Å². The predicted octanol–water partition coefficient (Wildman–Crippen LogP) is 4.59. The summed E-state index contributed by atoms with van der Waals surface area (Å²) in [6.07, 6.45) is 4.85. The second-order valence-electron chi connectivity index (χ2n) is 8.53. The Morgan fingerprint density at radius 1 is 1.13 bits per heavy atom. The minimum Gasteiger partial charge on any atom is -0.481 e. The highest BCUT2D eigenvalue weighted by Crippen LogP contribution is 2.35. The molecule has 1 aliphatic rings. The van der Waals surface area contributed by atoms with Gasteiger partial charge in [0, 0.05) is 11.6 Å². The summed E-state index contributed by atoms with van der Waals surface area (Å²) in [7, 11) is 4.23. The standard InChI is InChI=1S/C25H33FN2O2/c1-4-23(30-22-8-6-5-7-9-22)24(29)27-21-14-16-25(17-15-21,28(2)3)18-19-10-12-20(26)13-11-19/h5-13,21,23H,4,14-18H2,1-3H3,(H,27,29). The van der Waals surface area contributed by atoms with E-state index in [4.69, 9.17) is 4.74 Å². The summed E-state index contributed by atoms with van der Waals surface area (Å²) < 4.78 is 19.1. The average molecular weight is 413 g/mol. The average Bonchev–Trinajstić information content (AvgIpc) is 2.75. The molecule has 162 valence electrons. The van der Waals surface area contributed by atoms with Gasteiger partial charge < -0.3 is 15.0 Å². The second-order valence-corrected chi connectivity index (χ2v) is 8.53. The Bertz CT molecular complexity index is 800. The molecule has 1 amide bonds. The van der Waals surface area contributed by atoms with E-state index in [9.17, 15) is 9.18 Å². The van der Waals surface area contributed by atoms with Gasteiger partial charge in [-0.3, -0.25) is 4.79 Å². The summed E-state index contributed by atoms with van der Waals surface area (Å²) in [5.74, 6) is 0.476. The van der Waals surface area contributed by atoms with Crippen LogP contribution in [0.2, 0.25) is 0 Å². The SMILES string of the molecule is CCC(Oc1ccccc1)C(=O)NC1CCC(Cc2ccc(F)cc2)(N(C)C)CC1. The van der Waals surface area contributed by atoms with Crippen LogP contribution in [0.5, 0.6) is 5.75 Å². The van der Waals surface area contributed by atoms with Gasteiger partial charge in [0.2, 0.25) is 0 Å². The number of nitrogens with zero attached hydrogens (tertiary/aromatic N) is 1. The zero-order chi connectivity index (χ0) is 21.6. The summed E-state index contributed by atoms with van der Waals surface area (Å²) in [6, 6.07) is 16.5. The van der Waals surface area contributed by atoms with Crippen molar-refractivity contribution in [2.45, 2.75) is 63.1 Å². The number of likely N-dealkylation sites (N-methyl/N-ethyl adjacent to an activating group) is 1. The van der Waals surface area contributed by atoms with Gasteiger partial charge in [0.25, 0.3) is 5.91 Å². The molecule has 5 heteroatoms. The van der Waals surface area contributed by atoms with Crippen LogP contribution < -0.4 is 10.1 Å². The van der Waals surface area contributed by atoms with Gasteiger partial charge in [0.05, 0.1) is 0 Å². The van der Waals surface area contributed by atoms with Crippen LogP contribution >= 0.6 is 0 Å². The fourth-order valence-electron chi connectivity index (χ4n) is 4.34. The number of amides is 1. The van der Waals surface area contributed by atoms with Crippen LogP contribution in [-0.2, 0) is 11.2 Å². The molecule has 1 atom stereocenters. The lowest BCUT2D eigenvalue weighted by molar-refractivity contribution is -0.129. The van der Waals surface area contributed by atoms with Gasteiger partial charge in [-0.1, -0.05) is 37.3 Å². The van der Waals surface area contributed by atoms with E-state index in [1.165, 1.54) is 12.1 Å². The molecule has 0 saturated heterocycles. The number of benzene rings is 2. The topological polar surface area (TPSA) is 41.6 Å². The van der Waals surface area contributed by atoms with E-state index in [1.54, 1.807) is 0 Å². The van der Waals surface area contributed by atoms with Gasteiger partial charge in [-0.05, 0) is 82.4 Å². The maximum atomic E-state index is 13.3. The van der Waals surface area contributed by atoms with E-state index < -0.39 is 6.10 Å². The first-order valence-corrected chi connectivity index (χ1v) is 10.9. The number of carbonyl (C=O) groups excluding carboxylic acids is 1. The third kappa shape index (κ3) is 5.60. The molecule has 30 heavy (non-hydrogen) atoms. The molecule has 0 aliphatic heterocycles. The Balaban J connectivity index is 1.57. The van der Waals surface area contributed by atoms with Crippen molar-refractivity contribution < 1.29 is 13.9 Å². The fourth-order valence-corrected chi connectivity index (χ4v) is 4.34. The molecular weight excluding hydrogens is 379 g/mol. The van der Waals surface area contributed by atoms with Crippen molar-refractivity contribution in [3.63, 3.8) is 0 Å². The molecule has 1 saturated carbocycles. The van der Waals surface area contributed by atoms with Crippen LogP contribution in [-0.4, -0.2) is 42.6 Å². The molecule has 0 heterocycles. The first-order chi connectivity index (χ1) is 14.4. The summed E-state index contributed by atoms with van der Waals surface area (Å²) in [5, 5.41) is 3.21. The third-order valence-corrected chi connectivity index (χ3v) is 6.34. The third-order valence-electron chi connectivity index (χ3n) is 6.34. The van der Waals surface area contributed by atoms with Crippen molar-refractivity contribution in [3.05, 3.63) is 66.0 Å². The maximum absolute atomic E-state index is 13.3. The Kier molecular flexibility index (Phi) is 7.48. The number of hydrogen-bond acceptors (Lipinski definition) is 3. The predicted molar refractivity (Wildman–Crippen MR) is 118 cm³/mol. The summed E-state index contributed by atoms with van der Waals surface area (Å²) in [5.41, 5.74) is 1.18. The molecule has 1 aliphatic carbocycles. The van der Waals surface area contributed by atoms with E-state index in [2.05, 4.69) is 24.3 Å². The summed E-state index contributed by atoms with van der Waals surface area (Å²) in [6.45, 7) is 1.97. The van der Waals surface area contributed by atoms with Crippen LogP contribution in [0, 0.1) is 5.82 Å². The maximum Gasteiger partial charge on any atom is 0.261 e. The number of rotatable bonds is 8. The summed E-state index contributed by atoms with van der Waals surface area (Å²) in [4.78, 5) is 15.1. The molecule has 2 aromatic rings. The molecule has 0 spiro atoms. The molecule has 1 fully saturated rings. The monoisotopic (exact) mass is 412 g/mol. The molecule has 0 aromatic heterocycles. The van der Waals surface area contributed by atoms with E-state index in [0.29, 0.717) is 12.2 Å². The molecule has 2 aromatic carbocycles. The largest absolute Gasteiger partial charge is 0.481 e. The van der Waals surface area contributed by atoms with Crippen LogP contribution in [0.15, 0.2) is 54.6 Å². The lowest BCUT2D eigenvalue weighted by Gasteiger charge is -2.45. The van der Waals surface area contributed by atoms with Crippen LogP contribution in [0.1, 0.15) is 44.6 Å². The van der Waals surface area contributed by atoms with Gasteiger partial charge in [-0.2, -0.15) is 0 Å². The first kappa shape index (κ1) is 22.3. The van der Waals surface area contributed by atoms with Crippen LogP contribution in [0.4, 0.5) is 4.39 Å². The van der Waals surface area contributed by atoms with Crippen molar-refractivity contribution in [3.8, 4) is 5.75 Å². The normalized spacial score (nSPS) is 22.5. The van der Waals surface area contributed by atoms with E-state index in [1.807, 2.05) is 49.4 Å². The first-order valence-electron chi connectivity index (χ1n) is 10.9. The highest BCUT2D eigenvalue weighted by atomic mass is 19.1. The highest BCUT2D eigenvalue weighted by molar-refractivity contribution is 5.81. The van der Waals surface area contributed by atoms with Crippen molar-refractivity contribution in [1.82, 2.24) is 10.2 Å². The molecule has 4 nitrogen and oxygen atoms in total. The molecule has 1 unspecified atom stereocenters. The summed E-state index contributed by atoms with van der Waals surface area (Å²) >= 11 is 0. The highest BCUT2D eigenvalue weighted by Gasteiger charge is 2.38. The van der Waals surface area contributed by atoms with Crippen molar-refractivity contribution in [1.29, 1.82) is 0 Å². The second kappa shape index (κ2) is 10.1. The Morgan fingerprint density at radius 3 is 2.33 bits per heavy atom. The van der Waals surface area contributed by atoms with E-state index in [-0.39, 0.29) is 23.3 Å². The van der Waals surface area contributed by atoms with Gasteiger partial charge in [-0.25, -0.2) is 4.39 Å². The Morgan fingerprint density at radius 2 is 1.77 bits per heavy atom. The van der Waals surface area contributed by atoms with Gasteiger partial charge in [0.1, 0.15) is 11.6 Å². The number of halogens is 1. The molecular formula is C25H33FN2O2. The van der Waals surface area contributed by atoms with Crippen LogP contribution in [0.25, 0.3) is 0 Å². The van der Waals surface area contributed by atoms with Gasteiger partial charge in [0.15, 0.2) is 6.10 Å². The zero-order valence-electron chi connectivity index (χ0n) is 18.2. The lowest BCUT2D eigenvalue weighted by atomic mass is 9.74. The van der Waals surface area contributed by atoms with Crippen molar-refractivity contribution in [2.24, 2.45) is 0 Å². The molecule has 0 bridgehead atoms. The molecule has 0 radical (unpaired) electrons. The molecule has 3 rings (SSSR count). The van der Waals surface area contributed by atoms with Crippen molar-refractivity contribution >= 4 is 5.91 Å². The quantitative estimate of drug-likeness (QED) is 0.690.